The molecule has 2 aromatic rings. The third-order valence-corrected chi connectivity index (χ3v) is 4.33. The van der Waals surface area contributed by atoms with Gasteiger partial charge in [-0.15, -0.1) is 11.8 Å². The zero-order chi connectivity index (χ0) is 13.7. The van der Waals surface area contributed by atoms with Crippen molar-refractivity contribution in [1.29, 1.82) is 0 Å². The van der Waals surface area contributed by atoms with Crippen LogP contribution in [0.25, 0.3) is 0 Å². The van der Waals surface area contributed by atoms with Crippen LogP contribution in [0, 0.1) is 0 Å². The largest absolute Gasteiger partial charge is 0.378 e. The first-order valence-electron chi connectivity index (χ1n) is 6.39. The van der Waals surface area contributed by atoms with Crippen molar-refractivity contribution in [2.75, 3.05) is 11.6 Å². The van der Waals surface area contributed by atoms with Crippen LogP contribution in [0.3, 0.4) is 0 Å². The smallest absolute Gasteiger partial charge is 0.0511 e. The number of hydrogen-bond acceptors (Lipinski definition) is 2. The van der Waals surface area contributed by atoms with E-state index >= 15 is 0 Å². The van der Waals surface area contributed by atoms with E-state index in [2.05, 4.69) is 83.0 Å². The van der Waals surface area contributed by atoms with Gasteiger partial charge in [-0.2, -0.15) is 0 Å². The van der Waals surface area contributed by atoms with Gasteiger partial charge in [-0.3, -0.25) is 0 Å². The van der Waals surface area contributed by atoms with Gasteiger partial charge in [0.15, 0.2) is 0 Å². The molecule has 2 rings (SSSR count). The van der Waals surface area contributed by atoms with Gasteiger partial charge in [-0.05, 0) is 54.6 Å². The summed E-state index contributed by atoms with van der Waals surface area (Å²) in [5.74, 6) is 0. The third kappa shape index (κ3) is 4.02. The van der Waals surface area contributed by atoms with E-state index in [4.69, 9.17) is 0 Å². The molecule has 0 spiro atoms. The Bertz CT molecular complexity index is 525. The summed E-state index contributed by atoms with van der Waals surface area (Å²) in [6.45, 7) is 2.20. The zero-order valence-corrected chi connectivity index (χ0v) is 13.6. The van der Waals surface area contributed by atoms with E-state index in [-0.39, 0.29) is 0 Å². The van der Waals surface area contributed by atoms with Crippen LogP contribution in [-0.2, 0) is 0 Å². The van der Waals surface area contributed by atoms with Gasteiger partial charge in [-0.25, -0.2) is 0 Å². The first-order valence-corrected chi connectivity index (χ1v) is 8.40. The monoisotopic (exact) mass is 335 g/mol. The molecule has 0 radical (unpaired) electrons. The molecule has 0 heterocycles. The molecule has 0 saturated carbocycles. The Kier molecular flexibility index (Phi) is 5.34. The van der Waals surface area contributed by atoms with Gasteiger partial charge >= 0.3 is 0 Å². The minimum absolute atomic E-state index is 0.345. The molecule has 0 aliphatic heterocycles. The van der Waals surface area contributed by atoms with Crippen LogP contribution in [0.1, 0.15) is 24.9 Å². The Balaban J connectivity index is 2.14. The number of nitrogens with one attached hydrogen (secondary N) is 1. The Labute approximate surface area is 127 Å². The summed E-state index contributed by atoms with van der Waals surface area (Å²) in [4.78, 5) is 1.29. The maximum atomic E-state index is 3.59. The second kappa shape index (κ2) is 7.01. The summed E-state index contributed by atoms with van der Waals surface area (Å²) >= 11 is 5.30. The maximum Gasteiger partial charge on any atom is 0.0511 e. The SMILES string of the molecule is CCC(Nc1ccc(SC)cc1)c1cccc(Br)c1. The highest BCUT2D eigenvalue weighted by atomic mass is 79.9. The molecule has 0 aliphatic rings. The van der Waals surface area contributed by atoms with Crippen LogP contribution in [0.4, 0.5) is 5.69 Å². The van der Waals surface area contributed by atoms with Gasteiger partial charge in [0.25, 0.3) is 0 Å². The average Bonchev–Trinajstić information content (AvgIpc) is 2.45. The van der Waals surface area contributed by atoms with Gasteiger partial charge in [0, 0.05) is 15.1 Å². The van der Waals surface area contributed by atoms with Gasteiger partial charge < -0.3 is 5.32 Å². The topological polar surface area (TPSA) is 12.0 Å². The molecule has 2 aromatic carbocycles. The van der Waals surface area contributed by atoms with Crippen molar-refractivity contribution in [3.8, 4) is 0 Å². The highest BCUT2D eigenvalue weighted by Gasteiger charge is 2.09. The van der Waals surface area contributed by atoms with Crippen molar-refractivity contribution >= 4 is 33.4 Å². The van der Waals surface area contributed by atoms with Crippen molar-refractivity contribution in [1.82, 2.24) is 0 Å². The van der Waals surface area contributed by atoms with Crippen LogP contribution in [0.2, 0.25) is 0 Å². The molecule has 0 amide bonds. The van der Waals surface area contributed by atoms with Crippen LogP contribution in [0.5, 0.6) is 0 Å². The van der Waals surface area contributed by atoms with Crippen LogP contribution >= 0.6 is 27.7 Å². The van der Waals surface area contributed by atoms with E-state index in [0.29, 0.717) is 6.04 Å². The predicted octanol–water partition coefficient (Wildman–Crippen LogP) is 5.73. The summed E-state index contributed by atoms with van der Waals surface area (Å²) in [5, 5.41) is 3.59. The fourth-order valence-electron chi connectivity index (χ4n) is 2.03. The lowest BCUT2D eigenvalue weighted by atomic mass is 10.0. The van der Waals surface area contributed by atoms with Crippen molar-refractivity contribution < 1.29 is 0 Å². The molecule has 1 unspecified atom stereocenters. The molecule has 0 fully saturated rings. The van der Waals surface area contributed by atoms with E-state index in [1.54, 1.807) is 11.8 Å². The second-order valence-corrected chi connectivity index (χ2v) is 6.18. The molecule has 0 aliphatic carbocycles. The van der Waals surface area contributed by atoms with E-state index in [0.717, 1.165) is 10.9 Å². The summed E-state index contributed by atoms with van der Waals surface area (Å²) in [5.41, 5.74) is 2.48. The lowest BCUT2D eigenvalue weighted by molar-refractivity contribution is 0.749. The second-order valence-electron chi connectivity index (χ2n) is 4.39. The number of anilines is 1. The van der Waals surface area contributed by atoms with E-state index < -0.39 is 0 Å². The molecule has 1 N–H and O–H groups in total. The lowest BCUT2D eigenvalue weighted by Crippen LogP contribution is -2.09. The number of hydrogen-bond donors (Lipinski definition) is 1. The summed E-state index contributed by atoms with van der Waals surface area (Å²) in [7, 11) is 0. The summed E-state index contributed by atoms with van der Waals surface area (Å²) in [6.07, 6.45) is 3.15. The molecular formula is C16H18BrNS. The molecule has 100 valence electrons. The molecule has 0 saturated heterocycles. The molecule has 19 heavy (non-hydrogen) atoms. The number of benzene rings is 2. The number of halogens is 1. The molecule has 3 heteroatoms. The first kappa shape index (κ1) is 14.5. The predicted molar refractivity (Wildman–Crippen MR) is 89.0 cm³/mol. The van der Waals surface area contributed by atoms with Gasteiger partial charge in [0.2, 0.25) is 0 Å². The van der Waals surface area contributed by atoms with Gasteiger partial charge in [0.1, 0.15) is 0 Å². The van der Waals surface area contributed by atoms with Crippen LogP contribution in [-0.4, -0.2) is 6.26 Å². The highest BCUT2D eigenvalue weighted by Crippen LogP contribution is 2.26. The molecule has 1 atom stereocenters. The number of thioether (sulfide) groups is 1. The fraction of sp³-hybridized carbons (Fsp3) is 0.250. The lowest BCUT2D eigenvalue weighted by Gasteiger charge is -2.19. The van der Waals surface area contributed by atoms with Gasteiger partial charge in [-0.1, -0.05) is 35.0 Å². The zero-order valence-electron chi connectivity index (χ0n) is 11.2. The van der Waals surface area contributed by atoms with Crippen LogP contribution < -0.4 is 5.32 Å². The summed E-state index contributed by atoms with van der Waals surface area (Å²) < 4.78 is 1.13. The standard InChI is InChI=1S/C16H18BrNS/c1-3-16(12-5-4-6-13(17)11-12)18-14-7-9-15(19-2)10-8-14/h4-11,16,18H,3H2,1-2H3. The van der Waals surface area contributed by atoms with Crippen molar-refractivity contribution in [3.63, 3.8) is 0 Å². The van der Waals surface area contributed by atoms with E-state index in [9.17, 15) is 0 Å². The first-order chi connectivity index (χ1) is 9.22. The summed E-state index contributed by atoms with van der Waals surface area (Å²) in [6, 6.07) is 17.4. The molecule has 1 nitrogen and oxygen atoms in total. The normalized spacial score (nSPS) is 12.2. The third-order valence-electron chi connectivity index (χ3n) is 3.09. The molecule has 0 bridgehead atoms. The average molecular weight is 336 g/mol. The van der Waals surface area contributed by atoms with Crippen molar-refractivity contribution in [2.24, 2.45) is 0 Å². The Morgan fingerprint density at radius 2 is 1.89 bits per heavy atom. The highest BCUT2D eigenvalue weighted by molar-refractivity contribution is 9.10. The number of rotatable bonds is 5. The quantitative estimate of drug-likeness (QED) is 0.699. The van der Waals surface area contributed by atoms with Gasteiger partial charge in [0.05, 0.1) is 6.04 Å². The minimum Gasteiger partial charge on any atom is -0.378 e. The van der Waals surface area contributed by atoms with Crippen molar-refractivity contribution in [2.45, 2.75) is 24.3 Å². The molecule has 0 aromatic heterocycles. The van der Waals surface area contributed by atoms with E-state index in [1.807, 2.05) is 0 Å². The minimum atomic E-state index is 0.345. The Morgan fingerprint density at radius 1 is 1.16 bits per heavy atom. The fourth-order valence-corrected chi connectivity index (χ4v) is 2.86. The maximum absolute atomic E-state index is 3.59. The van der Waals surface area contributed by atoms with Crippen molar-refractivity contribution in [3.05, 3.63) is 58.6 Å². The Morgan fingerprint density at radius 3 is 2.47 bits per heavy atom. The van der Waals surface area contributed by atoms with E-state index in [1.165, 1.54) is 16.1 Å². The van der Waals surface area contributed by atoms with Crippen LogP contribution in [0.15, 0.2) is 57.9 Å². The molecular weight excluding hydrogens is 318 g/mol. The Hall–Kier alpha value is -0.930.